The molecule has 0 aliphatic carbocycles. The van der Waals surface area contributed by atoms with E-state index in [9.17, 15) is 4.79 Å². The van der Waals surface area contributed by atoms with Crippen molar-refractivity contribution in [3.63, 3.8) is 0 Å². The van der Waals surface area contributed by atoms with Gasteiger partial charge < -0.3 is 4.90 Å². The van der Waals surface area contributed by atoms with Gasteiger partial charge in [-0.1, -0.05) is 72.4 Å². The number of likely N-dealkylation sites (tertiary alicyclic amines) is 1. The molecule has 1 amide bonds. The molecule has 1 fully saturated rings. The number of carbonyl (C=O) groups is 1. The number of hydrogen-bond acceptors (Lipinski definition) is 5. The first-order valence-electron chi connectivity index (χ1n) is 12.5. The first-order chi connectivity index (χ1) is 17.7. The van der Waals surface area contributed by atoms with E-state index in [0.717, 1.165) is 54.5 Å². The van der Waals surface area contributed by atoms with E-state index in [0.29, 0.717) is 12.5 Å². The Morgan fingerprint density at radius 1 is 0.917 bits per heavy atom. The molecule has 7 heteroatoms. The summed E-state index contributed by atoms with van der Waals surface area (Å²) in [5.41, 5.74) is 3.50. The number of pyridine rings is 1. The van der Waals surface area contributed by atoms with Gasteiger partial charge >= 0.3 is 0 Å². The van der Waals surface area contributed by atoms with Crippen LogP contribution in [0, 0.1) is 5.92 Å². The molecular weight excluding hydrogens is 466 g/mol. The quantitative estimate of drug-likeness (QED) is 0.307. The van der Waals surface area contributed by atoms with E-state index in [1.54, 1.807) is 12.4 Å². The molecule has 184 valence electrons. The Morgan fingerprint density at radius 2 is 1.56 bits per heavy atom. The monoisotopic (exact) mass is 497 g/mol. The second kappa shape index (κ2) is 11.5. The van der Waals surface area contributed by atoms with Crippen molar-refractivity contribution >= 4 is 17.7 Å². The van der Waals surface area contributed by atoms with Gasteiger partial charge in [0, 0.05) is 31.0 Å². The van der Waals surface area contributed by atoms with E-state index in [2.05, 4.69) is 62.2 Å². The Hall–Kier alpha value is -3.45. The van der Waals surface area contributed by atoms with Gasteiger partial charge in [0.15, 0.2) is 11.0 Å². The van der Waals surface area contributed by atoms with E-state index in [1.165, 1.54) is 17.3 Å². The molecule has 36 heavy (non-hydrogen) atoms. The van der Waals surface area contributed by atoms with Gasteiger partial charge in [-0.2, -0.15) is 0 Å². The van der Waals surface area contributed by atoms with Crippen molar-refractivity contribution in [3.05, 3.63) is 96.3 Å². The molecule has 3 heterocycles. The Bertz CT molecular complexity index is 1250. The minimum atomic E-state index is -0.236. The lowest BCUT2D eigenvalue weighted by Gasteiger charge is -2.33. The average molecular weight is 498 g/mol. The van der Waals surface area contributed by atoms with Crippen molar-refractivity contribution in [2.24, 2.45) is 5.92 Å². The molecule has 5 rings (SSSR count). The molecule has 2 aromatic carbocycles. The number of thioether (sulfide) groups is 1. The highest BCUT2D eigenvalue weighted by Gasteiger charge is 2.28. The van der Waals surface area contributed by atoms with Gasteiger partial charge in [0.1, 0.15) is 0 Å². The smallest absolute Gasteiger partial charge is 0.235 e. The molecule has 1 atom stereocenters. The summed E-state index contributed by atoms with van der Waals surface area (Å²) < 4.78 is 2.10. The van der Waals surface area contributed by atoms with E-state index >= 15 is 0 Å². The molecule has 1 aliphatic heterocycles. The zero-order valence-electron chi connectivity index (χ0n) is 20.5. The number of aromatic nitrogens is 4. The van der Waals surface area contributed by atoms with Crippen LogP contribution in [0.5, 0.6) is 0 Å². The molecule has 0 radical (unpaired) electrons. The van der Waals surface area contributed by atoms with E-state index in [-0.39, 0.29) is 11.2 Å². The minimum absolute atomic E-state index is 0.179. The second-order valence-electron chi connectivity index (χ2n) is 9.33. The zero-order valence-corrected chi connectivity index (χ0v) is 21.3. The van der Waals surface area contributed by atoms with Crippen LogP contribution in [0.25, 0.3) is 11.4 Å². The lowest BCUT2D eigenvalue weighted by atomic mass is 9.90. The average Bonchev–Trinajstić information content (AvgIpc) is 3.32. The van der Waals surface area contributed by atoms with Crippen molar-refractivity contribution in [2.75, 3.05) is 13.1 Å². The number of rotatable bonds is 8. The Balaban J connectivity index is 1.26. The topological polar surface area (TPSA) is 63.9 Å². The summed E-state index contributed by atoms with van der Waals surface area (Å²) >= 11 is 1.49. The molecule has 0 spiro atoms. The Kier molecular flexibility index (Phi) is 7.76. The Morgan fingerprint density at radius 3 is 2.22 bits per heavy atom. The van der Waals surface area contributed by atoms with Gasteiger partial charge in [-0.15, -0.1) is 10.2 Å². The SMILES string of the molecule is CC(Sc1nnc(-c2ccncc2)n1Cc1ccccc1)C(=O)N1CCC(Cc2ccccc2)CC1. The second-order valence-corrected chi connectivity index (χ2v) is 10.6. The lowest BCUT2D eigenvalue weighted by molar-refractivity contribution is -0.131. The standard InChI is InChI=1S/C29H31N5OS/c1-22(28(35)33-18-14-24(15-19-33)20-23-8-4-2-5-9-23)36-29-32-31-27(26-12-16-30-17-13-26)34(29)21-25-10-6-3-7-11-25/h2-13,16-17,22,24H,14-15,18-21H2,1H3. The highest BCUT2D eigenvalue weighted by atomic mass is 32.2. The van der Waals surface area contributed by atoms with Gasteiger partial charge in [-0.05, 0) is 55.4 Å². The van der Waals surface area contributed by atoms with E-state index in [1.807, 2.05) is 42.2 Å². The number of hydrogen-bond donors (Lipinski definition) is 0. The van der Waals surface area contributed by atoms with Crippen LogP contribution in [0.4, 0.5) is 0 Å². The summed E-state index contributed by atoms with van der Waals surface area (Å²) in [6.45, 7) is 4.26. The molecule has 1 unspecified atom stereocenters. The minimum Gasteiger partial charge on any atom is -0.342 e. The molecule has 0 bridgehead atoms. The van der Waals surface area contributed by atoms with Gasteiger partial charge in [-0.3, -0.25) is 14.3 Å². The van der Waals surface area contributed by atoms with Crippen molar-refractivity contribution in [1.29, 1.82) is 0 Å². The van der Waals surface area contributed by atoms with Crippen molar-refractivity contribution in [3.8, 4) is 11.4 Å². The predicted octanol–water partition coefficient (Wildman–Crippen LogP) is 5.35. The molecule has 0 N–H and O–H groups in total. The number of carbonyl (C=O) groups excluding carboxylic acids is 1. The van der Waals surface area contributed by atoms with Gasteiger partial charge in [0.25, 0.3) is 0 Å². The van der Waals surface area contributed by atoms with Crippen LogP contribution in [0.1, 0.15) is 30.9 Å². The normalized spacial score (nSPS) is 15.1. The van der Waals surface area contributed by atoms with Crippen LogP contribution in [0.3, 0.4) is 0 Å². The van der Waals surface area contributed by atoms with Crippen molar-refractivity contribution < 1.29 is 4.79 Å². The maximum absolute atomic E-state index is 13.4. The van der Waals surface area contributed by atoms with Crippen molar-refractivity contribution in [2.45, 2.75) is 43.1 Å². The van der Waals surface area contributed by atoms with Crippen molar-refractivity contribution in [1.82, 2.24) is 24.6 Å². The van der Waals surface area contributed by atoms with Crippen LogP contribution >= 0.6 is 11.8 Å². The number of piperidine rings is 1. The summed E-state index contributed by atoms with van der Waals surface area (Å²) in [7, 11) is 0. The molecule has 6 nitrogen and oxygen atoms in total. The fraction of sp³-hybridized carbons (Fsp3) is 0.310. The first-order valence-corrected chi connectivity index (χ1v) is 13.4. The lowest BCUT2D eigenvalue weighted by Crippen LogP contribution is -2.42. The van der Waals surface area contributed by atoms with Crippen LogP contribution in [-0.4, -0.2) is 48.9 Å². The maximum atomic E-state index is 13.4. The predicted molar refractivity (Wildman–Crippen MR) is 144 cm³/mol. The summed E-state index contributed by atoms with van der Waals surface area (Å²) in [6.07, 6.45) is 6.71. The fourth-order valence-corrected chi connectivity index (χ4v) is 5.70. The summed E-state index contributed by atoms with van der Waals surface area (Å²) in [6, 6.07) is 24.8. The molecule has 2 aromatic heterocycles. The molecular formula is C29H31N5OS. The van der Waals surface area contributed by atoms with Crippen LogP contribution < -0.4 is 0 Å². The highest BCUT2D eigenvalue weighted by molar-refractivity contribution is 8.00. The van der Waals surface area contributed by atoms with Crippen LogP contribution in [0.15, 0.2) is 90.3 Å². The molecule has 0 saturated carbocycles. The zero-order chi connectivity index (χ0) is 24.7. The summed E-state index contributed by atoms with van der Waals surface area (Å²) in [5.74, 6) is 1.60. The van der Waals surface area contributed by atoms with E-state index in [4.69, 9.17) is 0 Å². The van der Waals surface area contributed by atoms with Crippen LogP contribution in [-0.2, 0) is 17.8 Å². The third-order valence-electron chi connectivity index (χ3n) is 6.76. The third-order valence-corrected chi connectivity index (χ3v) is 7.83. The number of benzene rings is 2. The van der Waals surface area contributed by atoms with E-state index < -0.39 is 0 Å². The molecule has 1 saturated heterocycles. The summed E-state index contributed by atoms with van der Waals surface area (Å²) in [4.78, 5) is 19.5. The summed E-state index contributed by atoms with van der Waals surface area (Å²) in [5, 5.41) is 9.52. The fourth-order valence-electron chi connectivity index (χ4n) is 4.77. The number of nitrogens with zero attached hydrogens (tertiary/aromatic N) is 5. The largest absolute Gasteiger partial charge is 0.342 e. The van der Waals surface area contributed by atoms with Crippen LogP contribution in [0.2, 0.25) is 0 Å². The van der Waals surface area contributed by atoms with Gasteiger partial charge in [0.05, 0.1) is 11.8 Å². The molecule has 1 aliphatic rings. The highest BCUT2D eigenvalue weighted by Crippen LogP contribution is 2.30. The number of amides is 1. The third kappa shape index (κ3) is 5.85. The van der Waals surface area contributed by atoms with Gasteiger partial charge in [0.2, 0.25) is 5.91 Å². The maximum Gasteiger partial charge on any atom is 0.235 e. The van der Waals surface area contributed by atoms with Gasteiger partial charge in [-0.25, -0.2) is 0 Å². The first kappa shape index (κ1) is 24.3. The Labute approximate surface area is 216 Å². The molecule has 4 aromatic rings.